The summed E-state index contributed by atoms with van der Waals surface area (Å²) < 4.78 is 0. The van der Waals surface area contributed by atoms with Crippen LogP contribution in [0.25, 0.3) is 0 Å². The highest BCUT2D eigenvalue weighted by molar-refractivity contribution is 5.83. The molecule has 0 bridgehead atoms. The van der Waals surface area contributed by atoms with Crippen molar-refractivity contribution in [2.45, 2.75) is 32.2 Å². The highest BCUT2D eigenvalue weighted by Crippen LogP contribution is 2.35. The van der Waals surface area contributed by atoms with Crippen molar-refractivity contribution >= 4 is 5.84 Å². The zero-order valence-electron chi connectivity index (χ0n) is 12.7. The van der Waals surface area contributed by atoms with Crippen molar-refractivity contribution in [2.75, 3.05) is 0 Å². The van der Waals surface area contributed by atoms with Gasteiger partial charge >= 0.3 is 0 Å². The van der Waals surface area contributed by atoms with Gasteiger partial charge in [0.05, 0.1) is 6.04 Å². The van der Waals surface area contributed by atoms with Crippen molar-refractivity contribution < 1.29 is 0 Å². The molecule has 2 aromatic carbocycles. The first kappa shape index (κ1) is 14.3. The van der Waals surface area contributed by atoms with E-state index < -0.39 is 0 Å². The first-order valence-corrected chi connectivity index (χ1v) is 7.59. The van der Waals surface area contributed by atoms with Crippen molar-refractivity contribution in [3.05, 3.63) is 70.8 Å². The van der Waals surface area contributed by atoms with Crippen LogP contribution in [0.15, 0.2) is 48.5 Å². The van der Waals surface area contributed by atoms with Gasteiger partial charge in [0.2, 0.25) is 0 Å². The lowest BCUT2D eigenvalue weighted by Crippen LogP contribution is -2.30. The molecule has 3 rings (SSSR count). The average molecular weight is 289 g/mol. The van der Waals surface area contributed by atoms with E-state index >= 15 is 0 Å². The minimum absolute atomic E-state index is 0.0118. The Labute approximate surface area is 131 Å². The van der Waals surface area contributed by atoms with Gasteiger partial charge in [-0.1, -0.05) is 48.5 Å². The molecule has 1 aliphatic carbocycles. The van der Waals surface area contributed by atoms with Crippen LogP contribution in [0.2, 0.25) is 0 Å². The molecular weight excluding hydrogens is 270 g/mol. The van der Waals surface area contributed by atoms with Gasteiger partial charge in [-0.15, -0.1) is 0 Å². The average Bonchev–Trinajstić information content (AvgIpc) is 2.95. The number of fused-ring (bicyclic) bond motifs is 1. The standard InChI is InChI=1S/C19H19N3/c1-14-6-2-3-8-16(14)12-19(21)22(13-20)18-11-10-15-7-4-5-9-17(15)18/h2-9,18,21H,10-12H2,1H3/t18-/m0/s1. The predicted octanol–water partition coefficient (Wildman–Crippen LogP) is 3.99. The van der Waals surface area contributed by atoms with Gasteiger partial charge in [0.1, 0.15) is 5.84 Å². The normalized spacial score (nSPS) is 15.9. The van der Waals surface area contributed by atoms with Crippen LogP contribution in [0.1, 0.15) is 34.7 Å². The van der Waals surface area contributed by atoms with Gasteiger partial charge in [-0.25, -0.2) is 0 Å². The van der Waals surface area contributed by atoms with E-state index in [1.807, 2.05) is 43.3 Å². The number of nitriles is 1. The van der Waals surface area contributed by atoms with Crippen LogP contribution in [0.5, 0.6) is 0 Å². The Hall–Kier alpha value is -2.60. The minimum Gasteiger partial charge on any atom is -0.287 e. The monoisotopic (exact) mass is 289 g/mol. The molecule has 2 aromatic rings. The second-order valence-corrected chi connectivity index (χ2v) is 5.77. The van der Waals surface area contributed by atoms with Crippen LogP contribution in [0, 0.1) is 23.8 Å². The van der Waals surface area contributed by atoms with Gasteiger partial charge in [0.15, 0.2) is 6.19 Å². The molecule has 0 radical (unpaired) electrons. The molecule has 0 aliphatic heterocycles. The lowest BCUT2D eigenvalue weighted by atomic mass is 10.0. The summed E-state index contributed by atoms with van der Waals surface area (Å²) in [7, 11) is 0. The zero-order valence-corrected chi connectivity index (χ0v) is 12.7. The van der Waals surface area contributed by atoms with Crippen molar-refractivity contribution in [3.8, 4) is 6.19 Å². The molecule has 0 unspecified atom stereocenters. The third kappa shape index (κ3) is 2.60. The van der Waals surface area contributed by atoms with Gasteiger partial charge in [-0.3, -0.25) is 10.3 Å². The minimum atomic E-state index is 0.0118. The molecule has 3 nitrogen and oxygen atoms in total. The molecule has 0 amide bonds. The Kier molecular flexibility index (Phi) is 3.93. The fourth-order valence-corrected chi connectivity index (χ4v) is 3.20. The molecule has 110 valence electrons. The topological polar surface area (TPSA) is 50.9 Å². The fraction of sp³-hybridized carbons (Fsp3) is 0.263. The molecule has 0 spiro atoms. The van der Waals surface area contributed by atoms with Gasteiger partial charge in [0, 0.05) is 6.42 Å². The molecule has 0 saturated heterocycles. The molecule has 0 aromatic heterocycles. The zero-order chi connectivity index (χ0) is 15.5. The Balaban J connectivity index is 1.82. The quantitative estimate of drug-likeness (QED) is 0.402. The van der Waals surface area contributed by atoms with Gasteiger partial charge < -0.3 is 0 Å². The van der Waals surface area contributed by atoms with Crippen molar-refractivity contribution in [3.63, 3.8) is 0 Å². The van der Waals surface area contributed by atoms with Crippen LogP contribution >= 0.6 is 0 Å². The Bertz CT molecular complexity index is 742. The van der Waals surface area contributed by atoms with E-state index in [0.717, 1.165) is 24.0 Å². The summed E-state index contributed by atoms with van der Waals surface area (Å²) in [6, 6.07) is 16.3. The van der Waals surface area contributed by atoms with E-state index in [4.69, 9.17) is 5.41 Å². The summed E-state index contributed by atoms with van der Waals surface area (Å²) in [5.41, 5.74) is 4.77. The molecular formula is C19H19N3. The molecule has 1 atom stereocenters. The summed E-state index contributed by atoms with van der Waals surface area (Å²) in [6.45, 7) is 2.05. The number of nitrogens with zero attached hydrogens (tertiary/aromatic N) is 2. The van der Waals surface area contributed by atoms with E-state index in [2.05, 4.69) is 18.3 Å². The Morgan fingerprint density at radius 3 is 2.73 bits per heavy atom. The van der Waals surface area contributed by atoms with Crippen molar-refractivity contribution in [1.29, 1.82) is 10.7 Å². The number of hydrogen-bond acceptors (Lipinski definition) is 2. The van der Waals surface area contributed by atoms with E-state index in [1.165, 1.54) is 11.1 Å². The first-order valence-electron chi connectivity index (χ1n) is 7.59. The first-order chi connectivity index (χ1) is 10.7. The van der Waals surface area contributed by atoms with Crippen LogP contribution in [-0.4, -0.2) is 10.7 Å². The third-order valence-corrected chi connectivity index (χ3v) is 4.43. The smallest absolute Gasteiger partial charge is 0.185 e. The predicted molar refractivity (Wildman–Crippen MR) is 87.6 cm³/mol. The van der Waals surface area contributed by atoms with Gasteiger partial charge in [-0.2, -0.15) is 5.26 Å². The van der Waals surface area contributed by atoms with E-state index in [1.54, 1.807) is 4.90 Å². The van der Waals surface area contributed by atoms with Crippen LogP contribution < -0.4 is 0 Å². The lowest BCUT2D eigenvalue weighted by Gasteiger charge is -2.24. The molecule has 0 saturated carbocycles. The Morgan fingerprint density at radius 2 is 1.95 bits per heavy atom. The lowest BCUT2D eigenvalue weighted by molar-refractivity contribution is 0.416. The number of rotatable bonds is 3. The Morgan fingerprint density at radius 1 is 1.23 bits per heavy atom. The fourth-order valence-electron chi connectivity index (χ4n) is 3.20. The summed E-state index contributed by atoms with van der Waals surface area (Å²) in [5, 5.41) is 18.0. The molecule has 0 fully saturated rings. The van der Waals surface area contributed by atoms with Crippen LogP contribution in [-0.2, 0) is 12.8 Å². The number of benzene rings is 2. The van der Waals surface area contributed by atoms with E-state index in [-0.39, 0.29) is 6.04 Å². The van der Waals surface area contributed by atoms with Gasteiger partial charge in [0.25, 0.3) is 0 Å². The number of hydrogen-bond donors (Lipinski definition) is 1. The second kappa shape index (κ2) is 6.03. The van der Waals surface area contributed by atoms with Gasteiger partial charge in [-0.05, 0) is 42.0 Å². The number of aryl methyl sites for hydroxylation is 2. The molecule has 3 heteroatoms. The molecule has 0 heterocycles. The summed E-state index contributed by atoms with van der Waals surface area (Å²) in [5.74, 6) is 0.374. The molecule has 1 N–H and O–H groups in total. The second-order valence-electron chi connectivity index (χ2n) is 5.77. The number of amidine groups is 1. The maximum atomic E-state index is 9.56. The number of nitrogens with one attached hydrogen (secondary N) is 1. The van der Waals surface area contributed by atoms with E-state index in [9.17, 15) is 5.26 Å². The van der Waals surface area contributed by atoms with Crippen LogP contribution in [0.4, 0.5) is 0 Å². The largest absolute Gasteiger partial charge is 0.287 e. The SMILES string of the molecule is Cc1ccccc1CC(=N)N(C#N)[C@H]1CCc2ccccc21. The highest BCUT2D eigenvalue weighted by atomic mass is 15.2. The van der Waals surface area contributed by atoms with Crippen molar-refractivity contribution in [1.82, 2.24) is 4.90 Å². The highest BCUT2D eigenvalue weighted by Gasteiger charge is 2.29. The molecule has 22 heavy (non-hydrogen) atoms. The maximum absolute atomic E-state index is 9.56. The van der Waals surface area contributed by atoms with Crippen LogP contribution in [0.3, 0.4) is 0 Å². The summed E-state index contributed by atoms with van der Waals surface area (Å²) in [4.78, 5) is 1.58. The maximum Gasteiger partial charge on any atom is 0.185 e. The van der Waals surface area contributed by atoms with E-state index in [0.29, 0.717) is 12.3 Å². The van der Waals surface area contributed by atoms with Crippen molar-refractivity contribution in [2.24, 2.45) is 0 Å². The summed E-state index contributed by atoms with van der Waals surface area (Å²) in [6.07, 6.45) is 4.62. The summed E-state index contributed by atoms with van der Waals surface area (Å²) >= 11 is 0. The third-order valence-electron chi connectivity index (χ3n) is 4.43. The molecule has 1 aliphatic rings.